The third kappa shape index (κ3) is 53.2. The maximum absolute atomic E-state index is 10.8. The Morgan fingerprint density at radius 1 is 0.769 bits per heavy atom. The SMILES string of the molecule is CCC=O.COC(C)(C)C.COC(C)(C)C.COC(C)(C)C.Cc1ccc2ccccc2c1.NC=O.NCC(=O)NCCCCC(C=O)NCC=O. The molecule has 2 rings (SSSR count). The first kappa shape index (κ1) is 57.8. The Kier molecular flexibility index (Phi) is 41.4. The van der Waals surface area contributed by atoms with Crippen molar-refractivity contribution in [1.82, 2.24) is 10.6 Å². The van der Waals surface area contributed by atoms with Gasteiger partial charge < -0.3 is 50.7 Å². The number of carbonyl (C=O) groups excluding carboxylic acids is 5. The van der Waals surface area contributed by atoms with Crippen LogP contribution in [0.1, 0.15) is 100 Å². The van der Waals surface area contributed by atoms with Gasteiger partial charge in [0.1, 0.15) is 18.9 Å². The molecule has 1 atom stereocenters. The molecule has 0 spiro atoms. The third-order valence-corrected chi connectivity index (χ3v) is 5.99. The molecule has 302 valence electrons. The topological polar surface area (TPSA) is 189 Å². The zero-order valence-corrected chi connectivity index (χ0v) is 34.8. The summed E-state index contributed by atoms with van der Waals surface area (Å²) in [5, 5.41) is 8.07. The number of unbranched alkanes of at least 4 members (excludes halogenated alkanes) is 1. The van der Waals surface area contributed by atoms with Gasteiger partial charge in [0.2, 0.25) is 12.3 Å². The van der Waals surface area contributed by atoms with Crippen molar-refractivity contribution < 1.29 is 38.2 Å². The molecule has 0 heterocycles. The average Bonchev–Trinajstić information content (AvgIpc) is 3.09. The monoisotopic (exact) mass is 739 g/mol. The van der Waals surface area contributed by atoms with Gasteiger partial charge in [-0.2, -0.15) is 0 Å². The lowest BCUT2D eigenvalue weighted by atomic mass is 10.1. The number of hydrogen-bond donors (Lipinski definition) is 4. The minimum Gasteiger partial charge on any atom is -0.379 e. The summed E-state index contributed by atoms with van der Waals surface area (Å²) in [5.74, 6) is -0.175. The predicted molar refractivity (Wildman–Crippen MR) is 215 cm³/mol. The van der Waals surface area contributed by atoms with E-state index in [0.29, 0.717) is 19.4 Å². The van der Waals surface area contributed by atoms with Crippen molar-refractivity contribution in [3.8, 4) is 0 Å². The van der Waals surface area contributed by atoms with Crippen LogP contribution in [0.4, 0.5) is 0 Å². The zero-order valence-electron chi connectivity index (χ0n) is 34.8. The summed E-state index contributed by atoms with van der Waals surface area (Å²) in [5.41, 5.74) is 10.7. The van der Waals surface area contributed by atoms with Crippen LogP contribution < -0.4 is 22.1 Å². The first-order chi connectivity index (χ1) is 24.1. The van der Waals surface area contributed by atoms with Crippen LogP contribution in [0, 0.1) is 6.92 Å². The van der Waals surface area contributed by atoms with Gasteiger partial charge in [-0.25, -0.2) is 0 Å². The number of hydrogen-bond acceptors (Lipinski definition) is 10. The fourth-order valence-corrected chi connectivity index (χ4v) is 2.52. The fourth-order valence-electron chi connectivity index (χ4n) is 2.52. The largest absolute Gasteiger partial charge is 0.379 e. The van der Waals surface area contributed by atoms with E-state index in [-0.39, 0.29) is 48.3 Å². The molecule has 12 heteroatoms. The predicted octanol–water partition coefficient (Wildman–Crippen LogP) is 5.73. The molecule has 0 bridgehead atoms. The normalized spacial score (nSPS) is 10.7. The van der Waals surface area contributed by atoms with Gasteiger partial charge in [0.25, 0.3) is 0 Å². The van der Waals surface area contributed by atoms with Crippen LogP contribution >= 0.6 is 0 Å². The molecule has 2 aromatic rings. The van der Waals surface area contributed by atoms with E-state index in [1.54, 1.807) is 21.3 Å². The van der Waals surface area contributed by atoms with Crippen LogP contribution in [0.5, 0.6) is 0 Å². The molecule has 0 aliphatic carbocycles. The summed E-state index contributed by atoms with van der Waals surface area (Å²) in [6, 6.07) is 14.6. The van der Waals surface area contributed by atoms with Crippen LogP contribution in [0.2, 0.25) is 0 Å². The number of methoxy groups -OCH3 is 3. The molecular weight excluding hydrogens is 664 g/mol. The fraction of sp³-hybridized carbons (Fsp3) is 0.625. The number of aldehydes is 3. The number of amides is 2. The summed E-state index contributed by atoms with van der Waals surface area (Å²) in [4.78, 5) is 49.2. The zero-order chi connectivity index (χ0) is 41.7. The van der Waals surface area contributed by atoms with E-state index in [9.17, 15) is 19.2 Å². The van der Waals surface area contributed by atoms with E-state index in [2.05, 4.69) is 65.8 Å². The Balaban J connectivity index is -0.000000178. The average molecular weight is 739 g/mol. The van der Waals surface area contributed by atoms with Gasteiger partial charge in [0, 0.05) is 34.3 Å². The second kappa shape index (κ2) is 37.2. The lowest BCUT2D eigenvalue weighted by molar-refractivity contribution is -0.119. The van der Waals surface area contributed by atoms with E-state index in [0.717, 1.165) is 31.7 Å². The molecule has 0 aliphatic heterocycles. The Morgan fingerprint density at radius 3 is 1.54 bits per heavy atom. The number of rotatable bonds is 11. The number of aryl methyl sites for hydroxylation is 1. The quantitative estimate of drug-likeness (QED) is 0.164. The summed E-state index contributed by atoms with van der Waals surface area (Å²) >= 11 is 0. The van der Waals surface area contributed by atoms with E-state index < -0.39 is 0 Å². The third-order valence-electron chi connectivity index (χ3n) is 5.99. The van der Waals surface area contributed by atoms with Crippen molar-refractivity contribution in [3.63, 3.8) is 0 Å². The first-order valence-corrected chi connectivity index (χ1v) is 17.4. The van der Waals surface area contributed by atoms with E-state index in [1.165, 1.54) is 16.3 Å². The Labute approximate surface area is 315 Å². The van der Waals surface area contributed by atoms with E-state index >= 15 is 0 Å². The van der Waals surface area contributed by atoms with Crippen molar-refractivity contribution >= 4 is 41.9 Å². The van der Waals surface area contributed by atoms with Crippen LogP contribution in [0.3, 0.4) is 0 Å². The molecule has 0 fully saturated rings. The summed E-state index contributed by atoms with van der Waals surface area (Å²) < 4.78 is 14.8. The Bertz CT molecular complexity index is 1110. The number of benzene rings is 2. The van der Waals surface area contributed by atoms with Crippen LogP contribution in [-0.2, 0) is 38.2 Å². The number of fused-ring (bicyclic) bond motifs is 1. The van der Waals surface area contributed by atoms with Crippen LogP contribution in [0.25, 0.3) is 10.8 Å². The first-order valence-electron chi connectivity index (χ1n) is 17.4. The van der Waals surface area contributed by atoms with Gasteiger partial charge in [0.15, 0.2) is 0 Å². The van der Waals surface area contributed by atoms with Crippen molar-refractivity contribution in [1.29, 1.82) is 0 Å². The number of carbonyl (C=O) groups is 5. The number of primary amides is 1. The van der Waals surface area contributed by atoms with Gasteiger partial charge >= 0.3 is 0 Å². The minimum atomic E-state index is -0.282. The molecule has 0 aromatic heterocycles. The standard InChI is InChI=1S/C11H10.C10H19N3O3.3C5H12O.C3H6O.CH3NO/c1-9-6-7-10-4-2-3-5-11(10)8-9;11-7-10(16)13-4-2-1-3-9(8-15)12-5-6-14;3*1-5(2,3)6-4;1-2-3-4;2-1-3/h2-8H,1H3;6,8-9,12H,1-5,7,11H2,(H,13,16);3*1-4H3;3H,2H2,1H3;1H,(H2,2,3). The lowest BCUT2D eigenvalue weighted by Gasteiger charge is -2.14. The summed E-state index contributed by atoms with van der Waals surface area (Å²) in [6.45, 7) is 22.9. The van der Waals surface area contributed by atoms with Crippen molar-refractivity contribution in [2.75, 3.05) is 41.0 Å². The van der Waals surface area contributed by atoms with Crippen molar-refractivity contribution in [2.45, 2.75) is 125 Å². The maximum Gasteiger partial charge on any atom is 0.233 e. The van der Waals surface area contributed by atoms with Gasteiger partial charge in [-0.3, -0.25) is 9.59 Å². The van der Waals surface area contributed by atoms with E-state index in [4.69, 9.17) is 24.7 Å². The van der Waals surface area contributed by atoms with Gasteiger partial charge in [0.05, 0.1) is 35.9 Å². The highest BCUT2D eigenvalue weighted by Gasteiger charge is 2.06. The maximum atomic E-state index is 10.8. The molecule has 52 heavy (non-hydrogen) atoms. The van der Waals surface area contributed by atoms with Gasteiger partial charge in [-0.05, 0) is 99.3 Å². The molecule has 1 unspecified atom stereocenters. The van der Waals surface area contributed by atoms with Crippen molar-refractivity contribution in [2.24, 2.45) is 11.5 Å². The van der Waals surface area contributed by atoms with Crippen molar-refractivity contribution in [3.05, 3.63) is 48.0 Å². The highest BCUT2D eigenvalue weighted by molar-refractivity contribution is 5.82. The molecule has 0 aliphatic rings. The van der Waals surface area contributed by atoms with Crippen LogP contribution in [-0.4, -0.2) is 95.0 Å². The number of nitrogens with one attached hydrogen (secondary N) is 2. The highest BCUT2D eigenvalue weighted by Crippen LogP contribution is 2.14. The Morgan fingerprint density at radius 2 is 1.19 bits per heavy atom. The number of nitrogens with two attached hydrogens (primary N) is 2. The summed E-state index contributed by atoms with van der Waals surface area (Å²) in [7, 11) is 5.12. The smallest absolute Gasteiger partial charge is 0.233 e. The molecule has 12 nitrogen and oxygen atoms in total. The molecule has 2 aromatic carbocycles. The molecule has 0 saturated heterocycles. The number of ether oxygens (including phenoxy) is 3. The van der Waals surface area contributed by atoms with Gasteiger partial charge in [-0.1, -0.05) is 55.0 Å². The molecule has 0 saturated carbocycles. The molecular formula is C40H74N4O8. The molecule has 0 radical (unpaired) electrons. The van der Waals surface area contributed by atoms with Crippen LogP contribution in [0.15, 0.2) is 42.5 Å². The second-order valence-electron chi connectivity index (χ2n) is 13.9. The Hall–Kier alpha value is -3.55. The van der Waals surface area contributed by atoms with Gasteiger partial charge in [-0.15, -0.1) is 0 Å². The summed E-state index contributed by atoms with van der Waals surface area (Å²) in [6.07, 6.45) is 5.54. The lowest BCUT2D eigenvalue weighted by Crippen LogP contribution is -2.33. The minimum absolute atomic E-state index is 0.00213. The van der Waals surface area contributed by atoms with E-state index in [1.807, 2.05) is 69.2 Å². The molecule has 2 amide bonds. The highest BCUT2D eigenvalue weighted by atomic mass is 16.5. The second-order valence-corrected chi connectivity index (χ2v) is 13.9. The molecule has 6 N–H and O–H groups in total.